The van der Waals surface area contributed by atoms with Gasteiger partial charge >= 0.3 is 0 Å². The van der Waals surface area contributed by atoms with E-state index in [0.717, 1.165) is 18.4 Å². The number of benzene rings is 1. The van der Waals surface area contributed by atoms with E-state index in [1.54, 1.807) is 12.1 Å². The highest BCUT2D eigenvalue weighted by atomic mass is 35.5. The number of amidine groups is 1. The lowest BCUT2D eigenvalue weighted by molar-refractivity contribution is -0.122. The molecule has 1 aromatic rings. The Hall–Kier alpha value is -1.73. The quantitative estimate of drug-likeness (QED) is 0.838. The smallest absolute Gasteiger partial charge is 0.240 e. The van der Waals surface area contributed by atoms with Crippen LogP contribution in [0.25, 0.3) is 0 Å². The Kier molecular flexibility index (Phi) is 5.01. The normalized spacial score (nSPS) is 21.7. The Morgan fingerprint density at radius 3 is 2.92 bits per heavy atom. The molecule has 1 aromatic carbocycles. The maximum absolute atomic E-state index is 12.3. The molecular formula is C16H18ClN3O3S. The van der Waals surface area contributed by atoms with Crippen LogP contribution in [0, 0.1) is 6.92 Å². The number of carbonyl (C=O) groups excluding carboxylic acids is 2. The van der Waals surface area contributed by atoms with Crippen molar-refractivity contribution in [3.8, 4) is 5.75 Å². The van der Waals surface area contributed by atoms with Gasteiger partial charge in [0.1, 0.15) is 11.0 Å². The molecule has 24 heavy (non-hydrogen) atoms. The first-order valence-corrected chi connectivity index (χ1v) is 8.91. The van der Waals surface area contributed by atoms with Gasteiger partial charge < -0.3 is 15.4 Å². The Bertz CT molecular complexity index is 719. The lowest BCUT2D eigenvalue weighted by Gasteiger charge is -2.13. The summed E-state index contributed by atoms with van der Waals surface area (Å²) in [5, 5.41) is 6.26. The third-order valence-corrected chi connectivity index (χ3v) is 5.25. The van der Waals surface area contributed by atoms with Crippen LogP contribution in [0.3, 0.4) is 0 Å². The Balaban J connectivity index is 1.63. The number of hydrogen-bond acceptors (Lipinski definition) is 5. The van der Waals surface area contributed by atoms with Crippen molar-refractivity contribution >= 4 is 46.0 Å². The largest absolute Gasteiger partial charge is 0.495 e. The zero-order valence-electron chi connectivity index (χ0n) is 13.4. The number of ether oxygens (including phenoxy) is 1. The predicted molar refractivity (Wildman–Crippen MR) is 96.0 cm³/mol. The molecule has 0 radical (unpaired) electrons. The van der Waals surface area contributed by atoms with Crippen LogP contribution in [0.4, 0.5) is 5.69 Å². The van der Waals surface area contributed by atoms with Crippen molar-refractivity contribution in [2.75, 3.05) is 12.4 Å². The number of nitrogens with zero attached hydrogens (tertiary/aromatic N) is 1. The fourth-order valence-electron chi connectivity index (χ4n) is 2.27. The van der Waals surface area contributed by atoms with Crippen molar-refractivity contribution in [1.29, 1.82) is 0 Å². The number of hydrogen-bond donors (Lipinski definition) is 2. The van der Waals surface area contributed by atoms with Gasteiger partial charge in [-0.15, -0.1) is 0 Å². The molecule has 1 heterocycles. The fraction of sp³-hybridized carbons (Fsp3) is 0.438. The van der Waals surface area contributed by atoms with E-state index in [2.05, 4.69) is 15.6 Å². The second-order valence-electron chi connectivity index (χ2n) is 5.82. The van der Waals surface area contributed by atoms with E-state index >= 15 is 0 Å². The number of amides is 2. The van der Waals surface area contributed by atoms with Crippen molar-refractivity contribution < 1.29 is 14.3 Å². The van der Waals surface area contributed by atoms with Gasteiger partial charge in [-0.3, -0.25) is 14.6 Å². The predicted octanol–water partition coefficient (Wildman–Crippen LogP) is 2.74. The molecule has 1 atom stereocenters. The average molecular weight is 368 g/mol. The van der Waals surface area contributed by atoms with Crippen molar-refractivity contribution in [2.24, 2.45) is 4.99 Å². The molecule has 2 N–H and O–H groups in total. The summed E-state index contributed by atoms with van der Waals surface area (Å²) in [6.07, 6.45) is 2.21. The van der Waals surface area contributed by atoms with E-state index in [-0.39, 0.29) is 18.2 Å². The van der Waals surface area contributed by atoms with E-state index in [0.29, 0.717) is 27.7 Å². The summed E-state index contributed by atoms with van der Waals surface area (Å²) in [6.45, 7) is 1.85. The molecule has 1 aliphatic carbocycles. The number of halogens is 1. The number of thioether (sulfide) groups is 1. The summed E-state index contributed by atoms with van der Waals surface area (Å²) < 4.78 is 5.24. The van der Waals surface area contributed by atoms with Gasteiger partial charge in [0.15, 0.2) is 5.17 Å². The van der Waals surface area contributed by atoms with Gasteiger partial charge in [-0.05, 0) is 31.4 Å². The van der Waals surface area contributed by atoms with Crippen LogP contribution in [0.5, 0.6) is 5.75 Å². The lowest BCUT2D eigenvalue weighted by atomic mass is 10.2. The molecule has 2 fully saturated rings. The van der Waals surface area contributed by atoms with E-state index in [4.69, 9.17) is 16.3 Å². The number of aryl methyl sites for hydroxylation is 1. The first-order valence-electron chi connectivity index (χ1n) is 7.65. The van der Waals surface area contributed by atoms with E-state index in [1.165, 1.54) is 18.9 Å². The molecule has 1 aliphatic heterocycles. The highest BCUT2D eigenvalue weighted by Gasteiger charge is 2.33. The van der Waals surface area contributed by atoms with Gasteiger partial charge in [-0.25, -0.2) is 0 Å². The Morgan fingerprint density at radius 2 is 2.25 bits per heavy atom. The van der Waals surface area contributed by atoms with Gasteiger partial charge in [0, 0.05) is 17.5 Å². The highest BCUT2D eigenvalue weighted by Crippen LogP contribution is 2.32. The Morgan fingerprint density at radius 1 is 1.50 bits per heavy atom. The van der Waals surface area contributed by atoms with Crippen LogP contribution >= 0.6 is 23.4 Å². The molecule has 8 heteroatoms. The zero-order valence-corrected chi connectivity index (χ0v) is 15.0. The Labute approximate surface area is 149 Å². The van der Waals surface area contributed by atoms with Gasteiger partial charge in [-0.1, -0.05) is 23.4 Å². The summed E-state index contributed by atoms with van der Waals surface area (Å²) in [7, 11) is 1.51. The molecule has 0 bridgehead atoms. The third-order valence-electron chi connectivity index (χ3n) is 3.75. The van der Waals surface area contributed by atoms with Crippen LogP contribution in [0.15, 0.2) is 17.1 Å². The minimum absolute atomic E-state index is 0.0744. The van der Waals surface area contributed by atoms with Crippen molar-refractivity contribution in [1.82, 2.24) is 5.32 Å². The van der Waals surface area contributed by atoms with E-state index in [9.17, 15) is 9.59 Å². The van der Waals surface area contributed by atoms with Gasteiger partial charge in [0.25, 0.3) is 0 Å². The van der Waals surface area contributed by atoms with Crippen molar-refractivity contribution in [2.45, 2.75) is 37.5 Å². The van der Waals surface area contributed by atoms with Crippen LogP contribution in [0.2, 0.25) is 5.02 Å². The zero-order chi connectivity index (χ0) is 17.3. The standard InChI is InChI=1S/C16H18ClN3O3S/c1-8-5-11(12(23-2)6-10(8)17)19-14(21)7-13-15(22)20-16(24-13)18-9-3-4-9/h5-6,9,13H,3-4,7H2,1-2H3,(H,19,21)(H,18,20,22). The maximum atomic E-state index is 12.3. The first kappa shape index (κ1) is 17.1. The molecule has 1 unspecified atom stereocenters. The summed E-state index contributed by atoms with van der Waals surface area (Å²) in [5.74, 6) is 0.0580. The molecule has 3 rings (SSSR count). The molecule has 0 spiro atoms. The average Bonchev–Trinajstić information content (AvgIpc) is 3.27. The molecule has 1 saturated heterocycles. The van der Waals surface area contributed by atoms with Gasteiger partial charge in [0.05, 0.1) is 18.8 Å². The maximum Gasteiger partial charge on any atom is 0.240 e. The number of nitrogens with one attached hydrogen (secondary N) is 2. The van der Waals surface area contributed by atoms with Crippen LogP contribution in [-0.2, 0) is 9.59 Å². The molecule has 1 saturated carbocycles. The second kappa shape index (κ2) is 7.03. The SMILES string of the molecule is COc1cc(Cl)c(C)cc1NC(=O)CC1SC(=NC2CC2)NC1=O. The van der Waals surface area contributed by atoms with Crippen molar-refractivity contribution in [3.63, 3.8) is 0 Å². The minimum Gasteiger partial charge on any atom is -0.495 e. The lowest BCUT2D eigenvalue weighted by Crippen LogP contribution is -2.28. The molecular weight excluding hydrogens is 350 g/mol. The third kappa shape index (κ3) is 4.02. The molecule has 0 aromatic heterocycles. The summed E-state index contributed by atoms with van der Waals surface area (Å²) in [4.78, 5) is 28.7. The highest BCUT2D eigenvalue weighted by molar-refractivity contribution is 8.15. The fourth-order valence-corrected chi connectivity index (χ4v) is 3.46. The van der Waals surface area contributed by atoms with Crippen LogP contribution < -0.4 is 15.4 Å². The number of methoxy groups -OCH3 is 1. The van der Waals surface area contributed by atoms with Gasteiger partial charge in [-0.2, -0.15) is 0 Å². The molecule has 2 amide bonds. The number of anilines is 1. The minimum atomic E-state index is -0.457. The monoisotopic (exact) mass is 367 g/mol. The second-order valence-corrected chi connectivity index (χ2v) is 7.41. The first-order chi connectivity index (χ1) is 11.5. The van der Waals surface area contributed by atoms with E-state index < -0.39 is 5.25 Å². The van der Waals surface area contributed by atoms with Crippen molar-refractivity contribution in [3.05, 3.63) is 22.7 Å². The number of carbonyl (C=O) groups is 2. The number of rotatable bonds is 5. The molecule has 2 aliphatic rings. The number of aliphatic imine (C=N–C) groups is 1. The van der Waals surface area contributed by atoms with Crippen LogP contribution in [0.1, 0.15) is 24.8 Å². The summed E-state index contributed by atoms with van der Waals surface area (Å²) in [6, 6.07) is 3.74. The van der Waals surface area contributed by atoms with Gasteiger partial charge in [0.2, 0.25) is 11.8 Å². The molecule has 6 nitrogen and oxygen atoms in total. The topological polar surface area (TPSA) is 79.8 Å². The van der Waals surface area contributed by atoms with Crippen LogP contribution in [-0.4, -0.2) is 35.4 Å². The summed E-state index contributed by atoms with van der Waals surface area (Å²) >= 11 is 7.38. The molecule has 128 valence electrons. The summed E-state index contributed by atoms with van der Waals surface area (Å²) in [5.41, 5.74) is 1.37. The van der Waals surface area contributed by atoms with E-state index in [1.807, 2.05) is 6.92 Å².